The zero-order valence-corrected chi connectivity index (χ0v) is 65.8. The molecule has 94 heavy (non-hydrogen) atoms. The van der Waals surface area contributed by atoms with E-state index >= 15 is 9.59 Å². The number of likely N-dealkylation sites (tertiary alicyclic amines) is 1. The van der Waals surface area contributed by atoms with Crippen LogP contribution in [-0.4, -0.2) is 117 Å². The largest absolute Gasteiger partial charge is 0.457 e. The highest BCUT2D eigenvalue weighted by Crippen LogP contribution is 2.51. The standard InChI is InChI=1S/C50H66NO6PSi2.C27H47NO4Si2/c1-13-34-55-48(54)47(58(40-23-17-14-18-24-40,41-25-19-15-20-26-41)42-27-21-16-22-28-42)51-43(45(46(51)53)37(2)57-60(11,12)50(6,7)8)36-44(52)39-31-29-38(30-32-39)33-35-56-59(9,10)49(3,4)5;1-19(32-34(10,11)27(5,6)7)24-22(28-25(24)30)18-23(29)21-14-12-20(13-15-21)16-17-31-33(8,9)26(2,3)4/h13-32,37,43,45H,1,33-36H2,2-12H3;12-15,19,22,24H,16-18H2,1-11H3,(H,28,30)/t37-,43-,45-;19-,22-,24-/m11/s1. The first-order valence-corrected chi connectivity index (χ1v) is 47.2. The molecule has 2 fully saturated rings. The third kappa shape index (κ3) is 18.2. The normalized spacial score (nSPS) is 18.1. The van der Waals surface area contributed by atoms with Crippen molar-refractivity contribution in [2.24, 2.45) is 11.8 Å². The number of hydrogen-bond donors (Lipinski definition) is 1. The predicted molar refractivity (Wildman–Crippen MR) is 401 cm³/mol. The Hall–Kier alpha value is -5.40. The first-order valence-electron chi connectivity index (χ1n) is 33.8. The monoisotopic (exact) mass is 1370 g/mol. The van der Waals surface area contributed by atoms with Gasteiger partial charge in [0.2, 0.25) is 11.8 Å². The van der Waals surface area contributed by atoms with Crippen LogP contribution in [-0.2, 0) is 49.7 Å². The Kier molecular flexibility index (Phi) is 25.6. The number of carbonyl (C=O) groups excluding carboxylic acids is 5. The van der Waals surface area contributed by atoms with Gasteiger partial charge >= 0.3 is 5.97 Å². The van der Waals surface area contributed by atoms with Crippen LogP contribution in [0.5, 0.6) is 0 Å². The maximum atomic E-state index is 15.2. The quantitative estimate of drug-likeness (QED) is 0.0135. The van der Waals surface area contributed by atoms with E-state index in [1.54, 1.807) is 4.90 Å². The summed E-state index contributed by atoms with van der Waals surface area (Å²) in [5.74, 6) is -1.90. The van der Waals surface area contributed by atoms with Gasteiger partial charge in [0.25, 0.3) is 0 Å². The number of benzene rings is 5. The summed E-state index contributed by atoms with van der Waals surface area (Å²) in [5.41, 5.74) is 3.73. The van der Waals surface area contributed by atoms with Gasteiger partial charge in [-0.05, 0) is 126 Å². The smallest absolute Gasteiger partial charge is 0.356 e. The minimum atomic E-state index is -3.18. The summed E-state index contributed by atoms with van der Waals surface area (Å²) in [4.78, 5) is 71.7. The zero-order valence-electron chi connectivity index (χ0n) is 61.0. The van der Waals surface area contributed by atoms with Crippen molar-refractivity contribution in [3.63, 3.8) is 0 Å². The van der Waals surface area contributed by atoms with E-state index in [9.17, 15) is 14.4 Å². The Balaban J connectivity index is 0.000000349. The highest BCUT2D eigenvalue weighted by atomic mass is 31.2. The molecule has 0 aromatic heterocycles. The first kappa shape index (κ1) is 77.6. The van der Waals surface area contributed by atoms with Crippen LogP contribution < -0.4 is 21.2 Å². The molecule has 512 valence electrons. The summed E-state index contributed by atoms with van der Waals surface area (Å²) in [5, 5.41) is 5.85. The summed E-state index contributed by atoms with van der Waals surface area (Å²) >= 11 is 0. The predicted octanol–water partition coefficient (Wildman–Crippen LogP) is 16.3. The molecule has 0 unspecified atom stereocenters. The molecule has 5 aromatic carbocycles. The topological polar surface area (TPSA) is 147 Å². The number of β-lactam (4-membered cyclic amide) rings is 2. The number of rotatable bonds is 27. The fourth-order valence-corrected chi connectivity index (χ4v) is 20.5. The Morgan fingerprint density at radius 1 is 0.521 bits per heavy atom. The number of ketones is 2. The fourth-order valence-electron chi connectivity index (χ4n) is 11.1. The molecule has 2 aliphatic heterocycles. The van der Waals surface area contributed by atoms with E-state index in [-0.39, 0.29) is 80.0 Å². The molecule has 0 bridgehead atoms. The van der Waals surface area contributed by atoms with Crippen LogP contribution in [0.25, 0.3) is 0 Å². The summed E-state index contributed by atoms with van der Waals surface area (Å²) in [6.07, 6.45) is 2.69. The molecule has 12 nitrogen and oxygen atoms in total. The lowest BCUT2D eigenvalue weighted by molar-refractivity contribution is -0.156. The number of Topliss-reactive ketones (excluding diaryl/α,β-unsaturated/α-hetero) is 2. The van der Waals surface area contributed by atoms with Crippen molar-refractivity contribution in [2.75, 3.05) is 19.8 Å². The van der Waals surface area contributed by atoms with Crippen LogP contribution in [0.3, 0.4) is 0 Å². The van der Waals surface area contributed by atoms with E-state index in [1.807, 2.05) is 153 Å². The van der Waals surface area contributed by atoms with Gasteiger partial charge in [0.15, 0.2) is 44.8 Å². The number of carbonyl (C=O) groups is 5. The van der Waals surface area contributed by atoms with Gasteiger partial charge in [-0.1, -0.05) is 235 Å². The second kappa shape index (κ2) is 31.0. The van der Waals surface area contributed by atoms with Crippen molar-refractivity contribution in [3.05, 3.63) is 174 Å². The number of nitrogens with one attached hydrogen (secondary N) is 1. The second-order valence-corrected chi connectivity index (χ2v) is 54.3. The molecule has 2 amide bonds. The molecule has 0 radical (unpaired) electrons. The van der Waals surface area contributed by atoms with Gasteiger partial charge in [0.1, 0.15) is 12.0 Å². The molecular weight excluding hydrogens is 1260 g/mol. The van der Waals surface area contributed by atoms with Crippen molar-refractivity contribution in [3.8, 4) is 0 Å². The highest BCUT2D eigenvalue weighted by Gasteiger charge is 2.58. The third-order valence-corrected chi connectivity index (χ3v) is 43.6. The second-order valence-electron chi connectivity index (χ2n) is 31.9. The third-order valence-electron chi connectivity index (χ3n) is 21.1. The van der Waals surface area contributed by atoms with Crippen molar-refractivity contribution in [2.45, 2.75) is 219 Å². The molecule has 2 saturated heterocycles. The molecule has 6 atom stereocenters. The number of amides is 2. The summed E-state index contributed by atoms with van der Waals surface area (Å²) < 4.78 is 32.1. The van der Waals surface area contributed by atoms with E-state index in [1.165, 1.54) is 11.6 Å². The molecule has 0 aliphatic carbocycles. The van der Waals surface area contributed by atoms with Crippen LogP contribution >= 0.6 is 6.89 Å². The van der Waals surface area contributed by atoms with Crippen LogP contribution in [0.15, 0.2) is 152 Å². The Bertz CT molecular complexity index is 3350. The molecule has 2 aliphatic rings. The number of ether oxygens (including phenoxy) is 1. The van der Waals surface area contributed by atoms with E-state index in [4.69, 9.17) is 22.4 Å². The molecule has 5 aromatic rings. The van der Waals surface area contributed by atoms with E-state index < -0.39 is 64.2 Å². The van der Waals surface area contributed by atoms with E-state index in [0.29, 0.717) is 30.8 Å². The van der Waals surface area contributed by atoms with Crippen LogP contribution in [0.2, 0.25) is 72.5 Å². The van der Waals surface area contributed by atoms with Crippen molar-refractivity contribution >= 4 is 90.8 Å². The molecule has 7 rings (SSSR count). The molecule has 0 saturated carbocycles. The first-order chi connectivity index (χ1) is 43.5. The van der Waals surface area contributed by atoms with E-state index in [0.717, 1.165) is 34.3 Å². The fraction of sp³-hybridized carbons (Fsp3) is 0.506. The minimum absolute atomic E-state index is 0.00789. The average Bonchev–Trinajstić information content (AvgIpc) is 0.703. The zero-order chi connectivity index (χ0) is 70.2. The van der Waals surface area contributed by atoms with Gasteiger partial charge in [0.05, 0.1) is 36.1 Å². The van der Waals surface area contributed by atoms with Crippen LogP contribution in [0.4, 0.5) is 0 Å². The molecule has 1 N–H and O–H groups in total. The number of esters is 1. The Morgan fingerprint density at radius 3 is 1.21 bits per heavy atom. The van der Waals surface area contributed by atoms with Gasteiger partial charge in [0, 0.05) is 44.1 Å². The van der Waals surface area contributed by atoms with Crippen LogP contribution in [0.1, 0.15) is 142 Å². The van der Waals surface area contributed by atoms with Gasteiger partial charge in [-0.15, -0.1) is 0 Å². The Labute approximate surface area is 569 Å². The summed E-state index contributed by atoms with van der Waals surface area (Å²) in [7, 11) is -8.00. The van der Waals surface area contributed by atoms with Gasteiger partial charge in [-0.2, -0.15) is 0 Å². The molecular formula is C77H113N2O10PSi4. The lowest BCUT2D eigenvalue weighted by Gasteiger charge is -2.53. The van der Waals surface area contributed by atoms with Gasteiger partial charge in [-0.25, -0.2) is 4.79 Å². The molecule has 0 spiro atoms. The minimum Gasteiger partial charge on any atom is -0.457 e. The molecule has 2 heterocycles. The molecule has 17 heteroatoms. The average molecular weight is 1370 g/mol. The Morgan fingerprint density at radius 2 is 0.872 bits per heavy atom. The SMILES string of the molecule is C=CCOC(=O)C(N1C(=O)[C@H]([C@@H](C)O[Si](C)(C)C(C)(C)C)[C@H]1CC(=O)c1ccc(CCO[Si](C)(C)C(C)(C)C)cc1)=P(c1ccccc1)(c1ccccc1)c1ccccc1.C[C@@H](O[Si](C)(C)C(C)(C)C)[C@H]1C(=O)N[C@@H]1CC(=O)c1ccc(CCO[Si](C)(C)C(C)(C)C)cc1. The van der Waals surface area contributed by atoms with E-state index in [2.05, 4.69) is 147 Å². The lowest BCUT2D eigenvalue weighted by atomic mass is 9.79. The highest BCUT2D eigenvalue weighted by molar-refractivity contribution is 7.96. The summed E-state index contributed by atoms with van der Waals surface area (Å²) in [6.45, 7) is 50.1. The van der Waals surface area contributed by atoms with Gasteiger partial charge in [-0.3, -0.25) is 19.2 Å². The summed E-state index contributed by atoms with van der Waals surface area (Å²) in [6, 6.07) is 44.5. The van der Waals surface area contributed by atoms with Crippen molar-refractivity contribution in [1.82, 2.24) is 10.2 Å². The lowest BCUT2D eigenvalue weighted by Crippen LogP contribution is -2.69. The number of nitrogens with zero attached hydrogens (tertiary/aromatic N) is 1. The number of hydrogen-bond acceptors (Lipinski definition) is 10. The maximum absolute atomic E-state index is 15.2. The van der Waals surface area contributed by atoms with Crippen LogP contribution in [0, 0.1) is 11.8 Å². The van der Waals surface area contributed by atoms with Crippen molar-refractivity contribution in [1.29, 1.82) is 0 Å². The maximum Gasteiger partial charge on any atom is 0.356 e. The van der Waals surface area contributed by atoms with Crippen molar-refractivity contribution < 1.29 is 46.4 Å². The van der Waals surface area contributed by atoms with Gasteiger partial charge < -0.3 is 32.7 Å².